The van der Waals surface area contributed by atoms with Crippen LogP contribution in [-0.2, 0) is 6.54 Å². The van der Waals surface area contributed by atoms with Crippen LogP contribution < -0.4 is 5.49 Å². The Balaban J connectivity index is 1.94. The average Bonchev–Trinajstić information content (AvgIpc) is 2.97. The Kier molecular flexibility index (Phi) is 4.34. The van der Waals surface area contributed by atoms with Crippen LogP contribution in [0.3, 0.4) is 0 Å². The average molecular weight is 357 g/mol. The van der Waals surface area contributed by atoms with Gasteiger partial charge in [-0.2, -0.15) is 4.99 Å². The van der Waals surface area contributed by atoms with Gasteiger partial charge < -0.3 is 8.98 Å². The summed E-state index contributed by atoms with van der Waals surface area (Å²) in [5.74, 6) is -0.194. The lowest BCUT2D eigenvalue weighted by Gasteiger charge is -2.07. The van der Waals surface area contributed by atoms with Crippen molar-refractivity contribution >= 4 is 21.8 Å². The lowest BCUT2D eigenvalue weighted by atomic mass is 10.2. The van der Waals surface area contributed by atoms with Crippen molar-refractivity contribution in [1.82, 2.24) is 4.57 Å². The minimum atomic E-state index is -0.404. The van der Waals surface area contributed by atoms with Crippen molar-refractivity contribution in [1.29, 1.82) is 0 Å². The van der Waals surface area contributed by atoms with Crippen LogP contribution in [0.25, 0.3) is 0 Å². The highest BCUT2D eigenvalue weighted by atomic mass is 79.9. The third kappa shape index (κ3) is 3.43. The minimum Gasteiger partial charge on any atom is -0.444 e. The molecule has 0 unspecified atom stereocenters. The number of furan rings is 1. The standard InChI is InChI=1S/C17H13BrN2O2/c18-15-10-9-14(22-15)17(21)19-16-8-4-5-11-20(16)12-13-6-2-1-3-7-13/h1-11H,12H2. The number of hydrogen-bond acceptors (Lipinski definition) is 2. The highest BCUT2D eigenvalue weighted by Crippen LogP contribution is 2.14. The molecule has 4 nitrogen and oxygen atoms in total. The van der Waals surface area contributed by atoms with Gasteiger partial charge in [0.25, 0.3) is 0 Å². The Morgan fingerprint density at radius 3 is 2.55 bits per heavy atom. The Bertz CT molecular complexity index is 850. The molecule has 0 aliphatic rings. The first kappa shape index (κ1) is 14.5. The van der Waals surface area contributed by atoms with Gasteiger partial charge in [0.15, 0.2) is 10.4 Å². The zero-order valence-corrected chi connectivity index (χ0v) is 13.2. The number of pyridine rings is 1. The molecule has 0 fully saturated rings. The number of hydrogen-bond donors (Lipinski definition) is 0. The predicted octanol–water partition coefficient (Wildman–Crippen LogP) is 3.63. The lowest BCUT2D eigenvalue weighted by molar-refractivity contribution is 0.0969. The topological polar surface area (TPSA) is 47.5 Å². The molecule has 110 valence electrons. The second-order valence-corrected chi connectivity index (χ2v) is 5.47. The second-order valence-electron chi connectivity index (χ2n) is 4.69. The number of carbonyl (C=O) groups excluding carboxylic acids is 1. The molecule has 0 aliphatic heterocycles. The quantitative estimate of drug-likeness (QED) is 0.719. The van der Waals surface area contributed by atoms with E-state index >= 15 is 0 Å². The fraction of sp³-hybridized carbons (Fsp3) is 0.0588. The summed E-state index contributed by atoms with van der Waals surface area (Å²) >= 11 is 3.18. The first-order valence-corrected chi connectivity index (χ1v) is 7.55. The summed E-state index contributed by atoms with van der Waals surface area (Å²) < 4.78 is 7.67. The van der Waals surface area contributed by atoms with Gasteiger partial charge in [0.2, 0.25) is 0 Å². The van der Waals surface area contributed by atoms with E-state index in [1.54, 1.807) is 18.2 Å². The van der Waals surface area contributed by atoms with E-state index in [1.807, 2.05) is 53.2 Å². The van der Waals surface area contributed by atoms with E-state index < -0.39 is 5.91 Å². The highest BCUT2D eigenvalue weighted by molar-refractivity contribution is 9.10. The van der Waals surface area contributed by atoms with Gasteiger partial charge in [-0.15, -0.1) is 0 Å². The number of halogens is 1. The maximum Gasteiger partial charge on any atom is 0.314 e. The Hall–Kier alpha value is -2.40. The summed E-state index contributed by atoms with van der Waals surface area (Å²) in [6.07, 6.45) is 1.90. The first-order chi connectivity index (χ1) is 10.7. The van der Waals surface area contributed by atoms with Crippen molar-refractivity contribution in [2.24, 2.45) is 4.99 Å². The van der Waals surface area contributed by atoms with Crippen LogP contribution in [0.4, 0.5) is 0 Å². The van der Waals surface area contributed by atoms with Gasteiger partial charge in [0.05, 0.1) is 0 Å². The smallest absolute Gasteiger partial charge is 0.314 e. The van der Waals surface area contributed by atoms with Crippen LogP contribution in [0.1, 0.15) is 16.1 Å². The van der Waals surface area contributed by atoms with Crippen LogP contribution in [0.5, 0.6) is 0 Å². The van der Waals surface area contributed by atoms with Crippen molar-refractivity contribution in [3.05, 3.63) is 88.3 Å². The van der Waals surface area contributed by atoms with Gasteiger partial charge >= 0.3 is 5.91 Å². The summed E-state index contributed by atoms with van der Waals surface area (Å²) in [7, 11) is 0. The van der Waals surface area contributed by atoms with E-state index in [4.69, 9.17) is 4.42 Å². The molecule has 0 bridgehead atoms. The van der Waals surface area contributed by atoms with E-state index in [1.165, 1.54) is 0 Å². The summed E-state index contributed by atoms with van der Waals surface area (Å²) in [6, 6.07) is 18.9. The summed E-state index contributed by atoms with van der Waals surface area (Å²) in [5, 5.41) is 0. The van der Waals surface area contributed by atoms with Crippen LogP contribution >= 0.6 is 15.9 Å². The molecule has 0 spiro atoms. The normalized spacial score (nSPS) is 11.6. The van der Waals surface area contributed by atoms with Gasteiger partial charge in [0, 0.05) is 12.7 Å². The fourth-order valence-electron chi connectivity index (χ4n) is 2.07. The van der Waals surface area contributed by atoms with Crippen molar-refractivity contribution < 1.29 is 9.21 Å². The molecule has 3 aromatic rings. The first-order valence-electron chi connectivity index (χ1n) is 6.76. The number of nitrogens with zero attached hydrogens (tertiary/aromatic N) is 2. The third-order valence-corrected chi connectivity index (χ3v) is 3.54. The molecule has 3 rings (SSSR count). The number of carbonyl (C=O) groups is 1. The Morgan fingerprint density at radius 1 is 1.05 bits per heavy atom. The zero-order valence-electron chi connectivity index (χ0n) is 11.6. The fourth-order valence-corrected chi connectivity index (χ4v) is 2.38. The minimum absolute atomic E-state index is 0.210. The van der Waals surface area contributed by atoms with Gasteiger partial charge in [-0.25, -0.2) is 0 Å². The van der Waals surface area contributed by atoms with Crippen LogP contribution in [0.2, 0.25) is 0 Å². The maximum atomic E-state index is 12.1. The largest absolute Gasteiger partial charge is 0.444 e. The third-order valence-electron chi connectivity index (χ3n) is 3.11. The van der Waals surface area contributed by atoms with Crippen molar-refractivity contribution in [3.63, 3.8) is 0 Å². The molecule has 22 heavy (non-hydrogen) atoms. The van der Waals surface area contributed by atoms with E-state index in [0.29, 0.717) is 16.7 Å². The maximum absolute atomic E-state index is 12.1. The summed E-state index contributed by atoms with van der Waals surface area (Å²) in [5.41, 5.74) is 1.73. The predicted molar refractivity (Wildman–Crippen MR) is 86.3 cm³/mol. The second kappa shape index (κ2) is 6.58. The van der Waals surface area contributed by atoms with Crippen molar-refractivity contribution in [3.8, 4) is 0 Å². The summed E-state index contributed by atoms with van der Waals surface area (Å²) in [6.45, 7) is 0.648. The van der Waals surface area contributed by atoms with Gasteiger partial charge in [0.1, 0.15) is 5.49 Å². The molecule has 2 heterocycles. The molecule has 1 amide bonds. The van der Waals surface area contributed by atoms with E-state index in [-0.39, 0.29) is 5.76 Å². The van der Waals surface area contributed by atoms with Crippen LogP contribution in [-0.4, -0.2) is 10.5 Å². The summed E-state index contributed by atoms with van der Waals surface area (Å²) in [4.78, 5) is 16.3. The number of benzene rings is 1. The zero-order chi connectivity index (χ0) is 15.4. The molecule has 5 heteroatoms. The van der Waals surface area contributed by atoms with Crippen LogP contribution in [0.15, 0.2) is 80.9 Å². The molecule has 1 aromatic carbocycles. The molecule has 2 aromatic heterocycles. The molecule has 0 saturated carbocycles. The molecule has 0 radical (unpaired) electrons. The SMILES string of the molecule is O=C(N=c1ccccn1Cc1ccccc1)c1ccc(Br)o1. The molecular formula is C17H13BrN2O2. The van der Waals surface area contributed by atoms with E-state index in [9.17, 15) is 4.79 Å². The van der Waals surface area contributed by atoms with Crippen LogP contribution in [0, 0.1) is 0 Å². The molecule has 0 N–H and O–H groups in total. The molecule has 0 atom stereocenters. The van der Waals surface area contributed by atoms with Crippen molar-refractivity contribution in [2.75, 3.05) is 0 Å². The Labute approximate surface area is 135 Å². The molecular weight excluding hydrogens is 344 g/mol. The van der Waals surface area contributed by atoms with Crippen molar-refractivity contribution in [2.45, 2.75) is 6.54 Å². The highest BCUT2D eigenvalue weighted by Gasteiger charge is 2.09. The van der Waals surface area contributed by atoms with Gasteiger partial charge in [-0.1, -0.05) is 36.4 Å². The van der Waals surface area contributed by atoms with Gasteiger partial charge in [-0.3, -0.25) is 4.79 Å². The molecule has 0 aliphatic carbocycles. The van der Waals surface area contributed by atoms with Gasteiger partial charge in [-0.05, 0) is 45.8 Å². The molecule has 0 saturated heterocycles. The Morgan fingerprint density at radius 2 is 1.82 bits per heavy atom. The number of rotatable bonds is 3. The monoisotopic (exact) mass is 356 g/mol. The number of aromatic nitrogens is 1. The van der Waals surface area contributed by atoms with E-state index in [0.717, 1.165) is 5.56 Å². The number of amides is 1. The van der Waals surface area contributed by atoms with E-state index in [2.05, 4.69) is 20.9 Å². The lowest BCUT2D eigenvalue weighted by Crippen LogP contribution is -2.22.